The lowest BCUT2D eigenvalue weighted by Gasteiger charge is -2.25. The van der Waals surface area contributed by atoms with Gasteiger partial charge in [0.05, 0.1) is 0 Å². The van der Waals surface area contributed by atoms with E-state index in [9.17, 15) is 0 Å². The van der Waals surface area contributed by atoms with Crippen molar-refractivity contribution in [2.75, 3.05) is 9.80 Å². The summed E-state index contributed by atoms with van der Waals surface area (Å²) in [5, 5.41) is 14.2. The van der Waals surface area contributed by atoms with Gasteiger partial charge in [-0.3, -0.25) is 0 Å². The van der Waals surface area contributed by atoms with Crippen LogP contribution in [0.5, 0.6) is 0 Å². The van der Waals surface area contributed by atoms with Crippen LogP contribution < -0.4 is 9.80 Å². The first kappa shape index (κ1) is 31.0. The average Bonchev–Trinajstić information content (AvgIpc) is 3.66. The molecule has 0 saturated carbocycles. The number of hydrogen-bond acceptors (Lipinski definition) is 2. The highest BCUT2D eigenvalue weighted by Gasteiger charge is 2.20. The van der Waals surface area contributed by atoms with Crippen molar-refractivity contribution < 1.29 is 0 Å². The number of fused-ring (bicyclic) bond motifs is 9. The fourth-order valence-corrected chi connectivity index (χ4v) is 12.3. The highest BCUT2D eigenvalue weighted by molar-refractivity contribution is 7.60. The summed E-state index contributed by atoms with van der Waals surface area (Å²) in [5.74, 6) is 0. The van der Waals surface area contributed by atoms with Crippen LogP contribution in [0.15, 0.2) is 182 Å². The summed E-state index contributed by atoms with van der Waals surface area (Å²) in [6.45, 7) is 4.87. The van der Waals surface area contributed by atoms with Gasteiger partial charge in [0.25, 0.3) is 0 Å². The Morgan fingerprint density at radius 2 is 0.596 bits per heavy atom. The van der Waals surface area contributed by atoms with Crippen molar-refractivity contribution in [2.45, 2.75) is 0 Å². The normalized spacial score (nSPS) is 12.3. The molecule has 2 atom stereocenters. The largest absolute Gasteiger partial charge is 0.310 e. The van der Waals surface area contributed by atoms with E-state index < -0.39 is 15.1 Å². The number of para-hydroxylation sites is 4. The maximum atomic E-state index is 2.45. The van der Waals surface area contributed by atoms with Crippen LogP contribution in [-0.4, -0.2) is 0 Å². The van der Waals surface area contributed by atoms with Gasteiger partial charge in [0.15, 0.2) is 0 Å². The lowest BCUT2D eigenvalue weighted by molar-refractivity contribution is 1.29. The van der Waals surface area contributed by atoms with Gasteiger partial charge in [-0.15, -0.1) is 15.1 Å². The van der Waals surface area contributed by atoms with Crippen molar-refractivity contribution in [3.63, 3.8) is 0 Å². The molecule has 0 aliphatic heterocycles. The van der Waals surface area contributed by atoms with Crippen molar-refractivity contribution in [2.24, 2.45) is 13.3 Å². The van der Waals surface area contributed by atoms with Crippen molar-refractivity contribution in [1.82, 2.24) is 0 Å². The minimum atomic E-state index is -0.500. The van der Waals surface area contributed by atoms with E-state index >= 15 is 0 Å². The summed E-state index contributed by atoms with van der Waals surface area (Å²) >= 11 is 0. The topological polar surface area (TPSA) is 6.48 Å². The summed E-state index contributed by atoms with van der Waals surface area (Å²) < 4.78 is 0. The number of aryl methyl sites for hydroxylation is 2. The molecule has 2 aromatic heterocycles. The van der Waals surface area contributed by atoms with Crippen molar-refractivity contribution in [3.8, 4) is 0 Å². The van der Waals surface area contributed by atoms with Gasteiger partial charge in [-0.05, 0) is 120 Å². The van der Waals surface area contributed by atoms with Gasteiger partial charge in [-0.2, -0.15) is 0 Å². The summed E-state index contributed by atoms with van der Waals surface area (Å²) in [7, 11) is -1.00. The molecule has 2 nitrogen and oxygen atoms in total. The quantitative estimate of drug-likeness (QED) is 0.170. The van der Waals surface area contributed by atoms with Crippen LogP contribution >= 0.6 is 15.1 Å². The maximum Gasteiger partial charge on any atom is 0.0471 e. The van der Waals surface area contributed by atoms with Gasteiger partial charge in [0.2, 0.25) is 0 Å². The Morgan fingerprint density at radius 1 is 0.288 bits per heavy atom. The maximum absolute atomic E-state index is 2.45. The molecule has 0 N–H and O–H groups in total. The van der Waals surface area contributed by atoms with Gasteiger partial charge in [-0.1, -0.05) is 97.1 Å². The molecule has 0 spiro atoms. The predicted octanol–water partition coefficient (Wildman–Crippen LogP) is 15.4. The molecule has 8 aromatic carbocycles. The summed E-state index contributed by atoms with van der Waals surface area (Å²) in [6.07, 6.45) is 0. The van der Waals surface area contributed by atoms with Gasteiger partial charge < -0.3 is 9.80 Å². The van der Waals surface area contributed by atoms with E-state index in [1.807, 2.05) is 0 Å². The van der Waals surface area contributed by atoms with Crippen LogP contribution in [-0.2, 0) is 13.3 Å². The highest BCUT2D eigenvalue weighted by Crippen LogP contribution is 2.55. The van der Waals surface area contributed by atoms with Gasteiger partial charge in [0, 0.05) is 65.4 Å². The fourth-order valence-electron chi connectivity index (χ4n) is 8.27. The van der Waals surface area contributed by atoms with Crippen molar-refractivity contribution in [3.05, 3.63) is 182 Å². The second kappa shape index (κ2) is 12.5. The molecule has 4 heteroatoms. The molecule has 2 heterocycles. The Labute approximate surface area is 305 Å². The molecule has 0 saturated heterocycles. The molecule has 2 unspecified atom stereocenters. The minimum Gasteiger partial charge on any atom is -0.310 e. The zero-order chi connectivity index (χ0) is 34.8. The predicted molar refractivity (Wildman–Crippen MR) is 231 cm³/mol. The molecule has 248 valence electrons. The molecule has 10 aromatic rings. The molecular weight excluding hydrogens is 666 g/mol. The first-order chi connectivity index (χ1) is 25.7. The second-order valence-electron chi connectivity index (χ2n) is 13.5. The van der Waals surface area contributed by atoms with Gasteiger partial charge in [-0.25, -0.2) is 0 Å². The van der Waals surface area contributed by atoms with Crippen LogP contribution in [0, 0.1) is 0 Å². The van der Waals surface area contributed by atoms with E-state index in [2.05, 4.69) is 205 Å². The van der Waals surface area contributed by atoms with Gasteiger partial charge in [0.1, 0.15) is 0 Å². The van der Waals surface area contributed by atoms with E-state index in [1.54, 1.807) is 0 Å². The molecule has 0 aliphatic carbocycles. The molecule has 10 rings (SSSR count). The fraction of sp³-hybridized carbons (Fsp3) is 0.0417. The third-order valence-electron chi connectivity index (χ3n) is 10.7. The van der Waals surface area contributed by atoms with Crippen LogP contribution in [0.1, 0.15) is 0 Å². The average molecular weight is 703 g/mol. The van der Waals surface area contributed by atoms with Crippen molar-refractivity contribution in [1.29, 1.82) is 0 Å². The Balaban J connectivity index is 1.16. The Morgan fingerprint density at radius 3 is 0.923 bits per heavy atom. The summed E-state index contributed by atoms with van der Waals surface area (Å²) in [6, 6.07) is 66.9. The first-order valence-corrected chi connectivity index (χ1v) is 21.4. The third-order valence-corrected chi connectivity index (χ3v) is 15.1. The third kappa shape index (κ3) is 4.87. The smallest absolute Gasteiger partial charge is 0.0471 e. The van der Waals surface area contributed by atoms with Crippen LogP contribution in [0.4, 0.5) is 34.1 Å². The molecule has 0 radical (unpaired) electrons. The molecule has 0 amide bonds. The summed E-state index contributed by atoms with van der Waals surface area (Å²) in [5.41, 5.74) is 7.06. The number of anilines is 6. The number of hydrogen-bond donors (Lipinski definition) is 0. The van der Waals surface area contributed by atoms with Crippen LogP contribution in [0.25, 0.3) is 52.8 Å². The van der Waals surface area contributed by atoms with E-state index in [0.29, 0.717) is 0 Å². The van der Waals surface area contributed by atoms with Crippen molar-refractivity contribution >= 4 is 102 Å². The molecule has 0 aliphatic rings. The highest BCUT2D eigenvalue weighted by atomic mass is 31.1. The lowest BCUT2D eigenvalue weighted by Crippen LogP contribution is -2.09. The summed E-state index contributed by atoms with van der Waals surface area (Å²) in [4.78, 5) is 4.76. The Hall–Kier alpha value is -5.78. The number of nitrogens with zero attached hydrogens (tertiary/aromatic N) is 2. The van der Waals surface area contributed by atoms with E-state index in [-0.39, 0.29) is 0 Å². The molecule has 52 heavy (non-hydrogen) atoms. The zero-order valence-electron chi connectivity index (χ0n) is 29.1. The lowest BCUT2D eigenvalue weighted by atomic mass is 9.99. The van der Waals surface area contributed by atoms with E-state index in [1.165, 1.54) is 86.9 Å². The Kier molecular flexibility index (Phi) is 7.43. The second-order valence-corrected chi connectivity index (χ2v) is 17.7. The monoisotopic (exact) mass is 702 g/mol. The number of benzene rings is 8. The zero-order valence-corrected chi connectivity index (χ0v) is 30.9. The van der Waals surface area contributed by atoms with E-state index in [0.717, 1.165) is 0 Å². The Bertz CT molecular complexity index is 2630. The van der Waals surface area contributed by atoms with E-state index in [4.69, 9.17) is 0 Å². The van der Waals surface area contributed by atoms with Crippen LogP contribution in [0.3, 0.4) is 0 Å². The first-order valence-electron chi connectivity index (χ1n) is 17.8. The standard InChI is InChI=1S/C48H36N2P2/c1-51-43-29-27-40-39(47(43)41-25-23-37(31-45(41)51)49(33-15-7-3-8-16-33)34-17-9-4-10-18-34)28-30-44-48(40)42-26-24-38(32-46(42)52(44)2)50(35-19-11-5-12-20-35)36-21-13-6-14-22-36/h3-32H,1-2H3. The number of rotatable bonds is 6. The van der Waals surface area contributed by atoms with Gasteiger partial charge >= 0.3 is 0 Å². The molecular formula is C48H36N2P2. The van der Waals surface area contributed by atoms with Crippen LogP contribution in [0.2, 0.25) is 0 Å². The SMILES string of the molecule is Cp1c2cc(N(c3ccccc3)c3ccccc3)ccc2c2c3ccc4c(c3ccc21)c1ccc(N(c2ccccc2)c2ccccc2)cc1p4C. The molecule has 0 fully saturated rings. The minimum absolute atomic E-state index is 0.500. The molecule has 0 bridgehead atoms.